The van der Waals surface area contributed by atoms with Crippen molar-refractivity contribution >= 4 is 5.97 Å². The Balaban J connectivity index is 2.52. The van der Waals surface area contributed by atoms with Crippen LogP contribution in [0.15, 0.2) is 12.1 Å². The fraction of sp³-hybridized carbons (Fsp3) is 0.462. The van der Waals surface area contributed by atoms with Gasteiger partial charge in [0.05, 0.1) is 5.92 Å². The van der Waals surface area contributed by atoms with Gasteiger partial charge in [-0.2, -0.15) is 17.6 Å². The van der Waals surface area contributed by atoms with E-state index < -0.39 is 52.5 Å². The molecule has 1 aliphatic rings. The molecule has 1 heterocycles. The predicted molar refractivity (Wildman–Crippen MR) is 60.5 cm³/mol. The highest BCUT2D eigenvalue weighted by atomic mass is 19.4. The zero-order valence-electron chi connectivity index (χ0n) is 11.0. The van der Waals surface area contributed by atoms with Crippen LogP contribution in [0.4, 0.5) is 22.0 Å². The number of hydrogen-bond donors (Lipinski definition) is 1. The van der Waals surface area contributed by atoms with Gasteiger partial charge in [-0.15, -0.1) is 0 Å². The number of rotatable bonds is 1. The van der Waals surface area contributed by atoms with E-state index in [-0.39, 0.29) is 0 Å². The lowest BCUT2D eigenvalue weighted by molar-refractivity contribution is -0.262. The van der Waals surface area contributed by atoms with Gasteiger partial charge in [0.25, 0.3) is 0 Å². The predicted octanol–water partition coefficient (Wildman–Crippen LogP) is 3.27. The molecule has 1 aromatic rings. The third-order valence-electron chi connectivity index (χ3n) is 3.93. The fourth-order valence-corrected chi connectivity index (χ4v) is 2.41. The first kappa shape index (κ1) is 15.5. The number of alkyl halides is 3. The summed E-state index contributed by atoms with van der Waals surface area (Å²) < 4.78 is 69.8. The van der Waals surface area contributed by atoms with E-state index in [1.165, 1.54) is 0 Å². The lowest BCUT2D eigenvalue weighted by atomic mass is 9.79. The second-order valence-corrected chi connectivity index (χ2v) is 5.09. The lowest BCUT2D eigenvalue weighted by Gasteiger charge is -2.30. The molecule has 3 nitrogen and oxygen atoms in total. The van der Waals surface area contributed by atoms with E-state index in [1.54, 1.807) is 0 Å². The molecule has 116 valence electrons. The Hall–Kier alpha value is -1.86. The average Bonchev–Trinajstić information content (AvgIpc) is 2.59. The smallest absolute Gasteiger partial charge is 0.428 e. The molecule has 0 bridgehead atoms. The van der Waals surface area contributed by atoms with E-state index >= 15 is 0 Å². The van der Waals surface area contributed by atoms with Crippen LogP contribution in [0.25, 0.3) is 0 Å². The van der Waals surface area contributed by atoms with Crippen LogP contribution >= 0.6 is 0 Å². The number of halogens is 5. The molecule has 0 saturated carbocycles. The quantitative estimate of drug-likeness (QED) is 0.640. The van der Waals surface area contributed by atoms with E-state index in [4.69, 9.17) is 0 Å². The summed E-state index contributed by atoms with van der Waals surface area (Å²) in [5, 5.41) is 9.54. The van der Waals surface area contributed by atoms with Gasteiger partial charge < -0.3 is 9.84 Å². The number of benzene rings is 1. The molecule has 0 amide bonds. The number of hydrogen-bond acceptors (Lipinski definition) is 3. The molecule has 1 N–H and O–H groups in total. The molecule has 1 saturated heterocycles. The number of aromatic hydroxyl groups is 1. The minimum absolute atomic E-state index is 0.431. The summed E-state index contributed by atoms with van der Waals surface area (Å²) in [5.74, 6) is -8.37. The van der Waals surface area contributed by atoms with Crippen molar-refractivity contribution in [2.75, 3.05) is 0 Å². The van der Waals surface area contributed by atoms with Gasteiger partial charge in [-0.25, -0.2) is 4.39 Å². The first-order valence-electron chi connectivity index (χ1n) is 5.97. The van der Waals surface area contributed by atoms with Crippen molar-refractivity contribution in [2.45, 2.75) is 31.5 Å². The zero-order valence-corrected chi connectivity index (χ0v) is 11.0. The van der Waals surface area contributed by atoms with Crippen molar-refractivity contribution in [1.29, 1.82) is 0 Å². The van der Waals surface area contributed by atoms with Crippen molar-refractivity contribution < 1.29 is 36.6 Å². The van der Waals surface area contributed by atoms with Crippen LogP contribution in [-0.2, 0) is 9.53 Å². The summed E-state index contributed by atoms with van der Waals surface area (Å²) in [4.78, 5) is 11.7. The maximum atomic E-state index is 13.3. The number of phenolic OH excluding ortho intramolecular Hbond substituents is 1. The number of cyclic esters (lactones) is 1. The second-order valence-electron chi connectivity index (χ2n) is 5.09. The summed E-state index contributed by atoms with van der Waals surface area (Å²) in [5.41, 5.74) is -3.19. The third kappa shape index (κ3) is 2.13. The van der Waals surface area contributed by atoms with Crippen LogP contribution in [0.3, 0.4) is 0 Å². The molecule has 0 radical (unpaired) electrons. The maximum Gasteiger partial charge on any atom is 0.428 e. The van der Waals surface area contributed by atoms with Crippen molar-refractivity contribution in [3.63, 3.8) is 0 Å². The lowest BCUT2D eigenvalue weighted by Crippen LogP contribution is -2.46. The van der Waals surface area contributed by atoms with Gasteiger partial charge in [0.1, 0.15) is 0 Å². The Morgan fingerprint density at radius 2 is 1.86 bits per heavy atom. The zero-order chi connectivity index (χ0) is 16.2. The number of carbonyl (C=O) groups excluding carboxylic acids is 1. The summed E-state index contributed by atoms with van der Waals surface area (Å²) in [6, 6.07) is 1.51. The molecule has 2 rings (SSSR count). The van der Waals surface area contributed by atoms with Crippen molar-refractivity contribution in [3.05, 3.63) is 29.3 Å². The Bertz CT molecular complexity index is 598. The Morgan fingerprint density at radius 3 is 2.33 bits per heavy atom. The highest BCUT2D eigenvalue weighted by Crippen LogP contribution is 2.52. The van der Waals surface area contributed by atoms with Gasteiger partial charge in [-0.3, -0.25) is 4.79 Å². The van der Waals surface area contributed by atoms with Gasteiger partial charge in [0, 0.05) is 11.5 Å². The summed E-state index contributed by atoms with van der Waals surface area (Å²) in [6.45, 7) is 1.80. The maximum absolute atomic E-state index is 13.3. The molecule has 1 aromatic carbocycles. The molecule has 8 heteroatoms. The standard InChI is InChI=1S/C13H11F5O3/c1-5-8(6-3-4-7(14)9(15)10(6)19)11(20)21-12(5,2)13(16,17)18/h3-5,8,19H,1-2H3/t5-,8-,12+/m0/s1. The fourth-order valence-electron chi connectivity index (χ4n) is 2.41. The second kappa shape index (κ2) is 4.57. The van der Waals surface area contributed by atoms with Crippen molar-refractivity contribution in [1.82, 2.24) is 0 Å². The molecule has 1 fully saturated rings. The monoisotopic (exact) mass is 310 g/mol. The van der Waals surface area contributed by atoms with Crippen LogP contribution in [-0.4, -0.2) is 22.9 Å². The molecule has 21 heavy (non-hydrogen) atoms. The normalized spacial score (nSPS) is 29.6. The van der Waals surface area contributed by atoms with Crippen LogP contribution in [0.5, 0.6) is 5.75 Å². The SMILES string of the molecule is C[C@H]1[C@@H](c2ccc(F)c(F)c2O)C(=O)O[C@@]1(C)C(F)(F)F. The Kier molecular flexibility index (Phi) is 3.38. The Labute approximate surface area is 116 Å². The highest BCUT2D eigenvalue weighted by molar-refractivity contribution is 5.82. The largest absolute Gasteiger partial charge is 0.505 e. The molecule has 3 atom stereocenters. The van der Waals surface area contributed by atoms with Crippen LogP contribution in [0.1, 0.15) is 25.3 Å². The highest BCUT2D eigenvalue weighted by Gasteiger charge is 2.65. The van der Waals surface area contributed by atoms with Gasteiger partial charge in [0.2, 0.25) is 11.4 Å². The molecule has 0 spiro atoms. The van der Waals surface area contributed by atoms with E-state index in [1.807, 2.05) is 0 Å². The minimum atomic E-state index is -4.83. The topological polar surface area (TPSA) is 46.5 Å². The van der Waals surface area contributed by atoms with Gasteiger partial charge >= 0.3 is 12.1 Å². The molecular weight excluding hydrogens is 299 g/mol. The average molecular weight is 310 g/mol. The van der Waals surface area contributed by atoms with E-state index in [0.717, 1.165) is 13.0 Å². The number of esters is 1. The third-order valence-corrected chi connectivity index (χ3v) is 3.93. The minimum Gasteiger partial charge on any atom is -0.505 e. The first-order chi connectivity index (χ1) is 9.50. The molecule has 0 aromatic heterocycles. The van der Waals surface area contributed by atoms with Crippen molar-refractivity contribution in [3.8, 4) is 5.75 Å². The van der Waals surface area contributed by atoms with Crippen LogP contribution in [0.2, 0.25) is 0 Å². The Morgan fingerprint density at radius 1 is 1.29 bits per heavy atom. The first-order valence-corrected chi connectivity index (χ1v) is 5.97. The summed E-state index contributed by atoms with van der Waals surface area (Å²) in [6.07, 6.45) is -4.83. The van der Waals surface area contributed by atoms with E-state index in [0.29, 0.717) is 13.0 Å². The van der Waals surface area contributed by atoms with Gasteiger partial charge in [-0.1, -0.05) is 13.0 Å². The van der Waals surface area contributed by atoms with Crippen molar-refractivity contribution in [2.24, 2.45) is 5.92 Å². The van der Waals surface area contributed by atoms with Crippen LogP contribution < -0.4 is 0 Å². The molecule has 0 aliphatic carbocycles. The van der Waals surface area contributed by atoms with Gasteiger partial charge in [0.15, 0.2) is 11.6 Å². The molecule has 0 unspecified atom stereocenters. The summed E-state index contributed by atoms with van der Waals surface area (Å²) in [7, 11) is 0. The summed E-state index contributed by atoms with van der Waals surface area (Å²) >= 11 is 0. The molecular formula is C13H11F5O3. The van der Waals surface area contributed by atoms with Gasteiger partial charge in [-0.05, 0) is 13.0 Å². The van der Waals surface area contributed by atoms with Crippen LogP contribution in [0, 0.1) is 17.6 Å². The molecule has 1 aliphatic heterocycles. The number of ether oxygens (including phenoxy) is 1. The number of phenols is 1. The van der Waals surface area contributed by atoms with E-state index in [9.17, 15) is 31.9 Å². The van der Waals surface area contributed by atoms with E-state index in [2.05, 4.69) is 4.74 Å². The number of carbonyl (C=O) groups is 1.